The van der Waals surface area contributed by atoms with Crippen molar-refractivity contribution < 1.29 is 17.9 Å². The van der Waals surface area contributed by atoms with Gasteiger partial charge in [-0.25, -0.2) is 4.98 Å². The number of anilines is 1. The van der Waals surface area contributed by atoms with Gasteiger partial charge in [-0.3, -0.25) is 0 Å². The molecule has 0 fully saturated rings. The smallest absolute Gasteiger partial charge is 0.383 e. The van der Waals surface area contributed by atoms with Crippen molar-refractivity contribution >= 4 is 16.5 Å². The first kappa shape index (κ1) is 14.8. The SMILES string of the molecule is COCCNc1nc(-c2ccc(C(F)(F)F)cc2)cs1. The van der Waals surface area contributed by atoms with E-state index in [1.54, 1.807) is 12.5 Å². The Kier molecular flexibility index (Phi) is 4.61. The van der Waals surface area contributed by atoms with Crippen LogP contribution in [0.4, 0.5) is 18.3 Å². The Morgan fingerprint density at radius 1 is 1.25 bits per heavy atom. The van der Waals surface area contributed by atoms with Gasteiger partial charge in [0, 0.05) is 24.6 Å². The quantitative estimate of drug-likeness (QED) is 0.851. The van der Waals surface area contributed by atoms with Crippen LogP contribution in [-0.2, 0) is 10.9 Å². The maximum Gasteiger partial charge on any atom is 0.416 e. The summed E-state index contributed by atoms with van der Waals surface area (Å²) in [6, 6.07) is 4.98. The fourth-order valence-corrected chi connectivity index (χ4v) is 2.33. The van der Waals surface area contributed by atoms with Crippen LogP contribution in [0, 0.1) is 0 Å². The zero-order valence-corrected chi connectivity index (χ0v) is 11.5. The molecule has 0 aliphatic heterocycles. The third kappa shape index (κ3) is 3.71. The zero-order chi connectivity index (χ0) is 14.6. The number of nitrogens with one attached hydrogen (secondary N) is 1. The molecule has 0 saturated heterocycles. The van der Waals surface area contributed by atoms with Crippen LogP contribution in [0.25, 0.3) is 11.3 Å². The number of benzene rings is 1. The molecule has 1 aromatic heterocycles. The number of alkyl halides is 3. The van der Waals surface area contributed by atoms with Gasteiger partial charge in [0.1, 0.15) is 0 Å². The van der Waals surface area contributed by atoms with Gasteiger partial charge in [0.05, 0.1) is 17.9 Å². The van der Waals surface area contributed by atoms with E-state index in [1.165, 1.54) is 23.5 Å². The molecule has 1 aromatic carbocycles. The molecule has 7 heteroatoms. The molecule has 3 nitrogen and oxygen atoms in total. The molecule has 0 amide bonds. The van der Waals surface area contributed by atoms with Crippen molar-refractivity contribution in [1.29, 1.82) is 0 Å². The lowest BCUT2D eigenvalue weighted by molar-refractivity contribution is -0.137. The highest BCUT2D eigenvalue weighted by Gasteiger charge is 2.30. The molecule has 0 radical (unpaired) electrons. The molecule has 0 spiro atoms. The predicted octanol–water partition coefficient (Wildman–Crippen LogP) is 3.89. The van der Waals surface area contributed by atoms with Crippen LogP contribution in [0.2, 0.25) is 0 Å². The molecule has 1 N–H and O–H groups in total. The second kappa shape index (κ2) is 6.23. The van der Waals surface area contributed by atoms with Crippen molar-refractivity contribution in [2.24, 2.45) is 0 Å². The van der Waals surface area contributed by atoms with Gasteiger partial charge in [0.2, 0.25) is 0 Å². The van der Waals surface area contributed by atoms with E-state index in [-0.39, 0.29) is 0 Å². The Morgan fingerprint density at radius 3 is 2.55 bits per heavy atom. The number of hydrogen-bond donors (Lipinski definition) is 1. The summed E-state index contributed by atoms with van der Waals surface area (Å²) in [4.78, 5) is 4.31. The molecule has 0 atom stereocenters. The lowest BCUT2D eigenvalue weighted by Crippen LogP contribution is -2.07. The lowest BCUT2D eigenvalue weighted by atomic mass is 10.1. The van der Waals surface area contributed by atoms with Gasteiger partial charge in [-0.2, -0.15) is 13.2 Å². The first-order valence-electron chi connectivity index (χ1n) is 5.86. The van der Waals surface area contributed by atoms with Crippen molar-refractivity contribution in [3.05, 3.63) is 35.2 Å². The van der Waals surface area contributed by atoms with Crippen LogP contribution in [0.3, 0.4) is 0 Å². The Labute approximate surface area is 118 Å². The van der Waals surface area contributed by atoms with Gasteiger partial charge in [0.25, 0.3) is 0 Å². The highest BCUT2D eigenvalue weighted by molar-refractivity contribution is 7.14. The van der Waals surface area contributed by atoms with Crippen LogP contribution >= 0.6 is 11.3 Å². The molecule has 20 heavy (non-hydrogen) atoms. The Bertz CT molecular complexity index is 551. The first-order valence-corrected chi connectivity index (χ1v) is 6.74. The minimum atomic E-state index is -4.31. The summed E-state index contributed by atoms with van der Waals surface area (Å²) in [5.74, 6) is 0. The molecule has 0 aliphatic carbocycles. The third-order valence-corrected chi connectivity index (χ3v) is 3.39. The summed E-state index contributed by atoms with van der Waals surface area (Å²) in [7, 11) is 1.61. The van der Waals surface area contributed by atoms with Gasteiger partial charge in [0.15, 0.2) is 5.13 Å². The zero-order valence-electron chi connectivity index (χ0n) is 10.7. The van der Waals surface area contributed by atoms with Crippen molar-refractivity contribution in [3.63, 3.8) is 0 Å². The summed E-state index contributed by atoms with van der Waals surface area (Å²) < 4.78 is 42.3. The molecule has 0 bridgehead atoms. The number of halogens is 3. The fourth-order valence-electron chi connectivity index (χ4n) is 1.58. The lowest BCUT2D eigenvalue weighted by Gasteiger charge is -2.06. The van der Waals surface area contributed by atoms with Crippen molar-refractivity contribution in [3.8, 4) is 11.3 Å². The number of ether oxygens (including phenoxy) is 1. The summed E-state index contributed by atoms with van der Waals surface area (Å²) >= 11 is 1.40. The molecule has 108 valence electrons. The fraction of sp³-hybridized carbons (Fsp3) is 0.308. The summed E-state index contributed by atoms with van der Waals surface area (Å²) in [5, 5.41) is 5.60. The largest absolute Gasteiger partial charge is 0.416 e. The van der Waals surface area contributed by atoms with Crippen LogP contribution in [0.5, 0.6) is 0 Å². The molecule has 0 aliphatic rings. The Balaban J connectivity index is 2.08. The van der Waals surface area contributed by atoms with Crippen molar-refractivity contribution in [2.45, 2.75) is 6.18 Å². The Hall–Kier alpha value is -1.60. The maximum absolute atomic E-state index is 12.5. The van der Waals surface area contributed by atoms with E-state index in [0.717, 1.165) is 17.3 Å². The highest BCUT2D eigenvalue weighted by atomic mass is 32.1. The molecule has 1 heterocycles. The second-order valence-electron chi connectivity index (χ2n) is 4.03. The minimum Gasteiger partial charge on any atom is -0.383 e. The van der Waals surface area contributed by atoms with Crippen LogP contribution in [-0.4, -0.2) is 25.2 Å². The first-order chi connectivity index (χ1) is 9.50. The van der Waals surface area contributed by atoms with E-state index in [4.69, 9.17) is 4.74 Å². The normalized spacial score (nSPS) is 11.6. The number of rotatable bonds is 5. The maximum atomic E-state index is 12.5. The molecular formula is C13H13F3N2OS. The van der Waals surface area contributed by atoms with Gasteiger partial charge in [-0.15, -0.1) is 11.3 Å². The number of thiazole rings is 1. The van der Waals surface area contributed by atoms with Gasteiger partial charge in [-0.05, 0) is 12.1 Å². The van der Waals surface area contributed by atoms with E-state index in [9.17, 15) is 13.2 Å². The molecule has 2 rings (SSSR count). The molecule has 0 unspecified atom stereocenters. The molecular weight excluding hydrogens is 289 g/mol. The molecule has 2 aromatic rings. The van der Waals surface area contributed by atoms with Gasteiger partial charge < -0.3 is 10.1 Å². The topological polar surface area (TPSA) is 34.1 Å². The van der Waals surface area contributed by atoms with E-state index in [0.29, 0.717) is 24.4 Å². The monoisotopic (exact) mass is 302 g/mol. The van der Waals surface area contributed by atoms with E-state index < -0.39 is 11.7 Å². The van der Waals surface area contributed by atoms with Gasteiger partial charge in [-0.1, -0.05) is 12.1 Å². The van der Waals surface area contributed by atoms with Crippen LogP contribution in [0.15, 0.2) is 29.6 Å². The summed E-state index contributed by atoms with van der Waals surface area (Å²) in [6.07, 6.45) is -4.31. The van der Waals surface area contributed by atoms with Crippen molar-refractivity contribution in [1.82, 2.24) is 4.98 Å². The standard InChI is InChI=1S/C13H13F3N2OS/c1-19-7-6-17-12-18-11(8-20-12)9-2-4-10(5-3-9)13(14,15)16/h2-5,8H,6-7H2,1H3,(H,17,18). The highest BCUT2D eigenvalue weighted by Crippen LogP contribution is 2.31. The third-order valence-electron chi connectivity index (χ3n) is 2.59. The molecule has 0 saturated carbocycles. The summed E-state index contributed by atoms with van der Waals surface area (Å²) in [6.45, 7) is 1.20. The van der Waals surface area contributed by atoms with Crippen molar-refractivity contribution in [2.75, 3.05) is 25.6 Å². The second-order valence-corrected chi connectivity index (χ2v) is 4.89. The number of aromatic nitrogens is 1. The van der Waals surface area contributed by atoms with Crippen LogP contribution < -0.4 is 5.32 Å². The number of methoxy groups -OCH3 is 1. The Morgan fingerprint density at radius 2 is 1.95 bits per heavy atom. The van der Waals surface area contributed by atoms with E-state index in [2.05, 4.69) is 10.3 Å². The van der Waals surface area contributed by atoms with Crippen LogP contribution in [0.1, 0.15) is 5.56 Å². The number of nitrogens with zero attached hydrogens (tertiary/aromatic N) is 1. The van der Waals surface area contributed by atoms with Gasteiger partial charge >= 0.3 is 6.18 Å². The average Bonchev–Trinajstić information content (AvgIpc) is 2.87. The predicted molar refractivity (Wildman–Crippen MR) is 72.9 cm³/mol. The minimum absolute atomic E-state index is 0.565. The average molecular weight is 302 g/mol. The number of hydrogen-bond acceptors (Lipinski definition) is 4. The summed E-state index contributed by atoms with van der Waals surface area (Å²) in [5.41, 5.74) is 0.660. The van der Waals surface area contributed by atoms with E-state index in [1.807, 2.05) is 0 Å². The van der Waals surface area contributed by atoms with E-state index >= 15 is 0 Å².